The summed E-state index contributed by atoms with van der Waals surface area (Å²) in [5.74, 6) is 3.16. The quantitative estimate of drug-likeness (QED) is 0.742. The van der Waals surface area contributed by atoms with Crippen molar-refractivity contribution < 1.29 is 14.3 Å². The molecule has 0 saturated heterocycles. The number of carbonyl (C=O) groups is 2. The summed E-state index contributed by atoms with van der Waals surface area (Å²) in [6.45, 7) is 6.06. The number of benzene rings is 1. The normalized spacial score (nSPS) is 23.1. The molecule has 25 heavy (non-hydrogen) atoms. The molecular formula is C20H29NO3S. The molecule has 5 heteroatoms. The van der Waals surface area contributed by atoms with Crippen LogP contribution in [0.5, 0.6) is 5.75 Å². The van der Waals surface area contributed by atoms with Crippen molar-refractivity contribution in [2.24, 2.45) is 11.8 Å². The van der Waals surface area contributed by atoms with Crippen LogP contribution in [0.25, 0.3) is 0 Å². The van der Waals surface area contributed by atoms with Crippen LogP contribution < -0.4 is 10.1 Å². The molecule has 0 radical (unpaired) electrons. The lowest BCUT2D eigenvalue weighted by Crippen LogP contribution is -2.44. The second kappa shape index (κ2) is 9.27. The van der Waals surface area contributed by atoms with Crippen molar-refractivity contribution in [3.63, 3.8) is 0 Å². The summed E-state index contributed by atoms with van der Waals surface area (Å²) in [7, 11) is 1.62. The van der Waals surface area contributed by atoms with Gasteiger partial charge in [-0.25, -0.2) is 0 Å². The zero-order chi connectivity index (χ0) is 18.4. The van der Waals surface area contributed by atoms with Crippen molar-refractivity contribution in [3.8, 4) is 5.75 Å². The Morgan fingerprint density at radius 2 is 2.04 bits per heavy atom. The zero-order valence-corrected chi connectivity index (χ0v) is 16.4. The molecule has 1 saturated carbocycles. The molecule has 138 valence electrons. The minimum absolute atomic E-state index is 0.0343. The van der Waals surface area contributed by atoms with Gasteiger partial charge in [0.05, 0.1) is 12.9 Å². The van der Waals surface area contributed by atoms with Crippen LogP contribution in [0.2, 0.25) is 0 Å². The van der Waals surface area contributed by atoms with E-state index >= 15 is 0 Å². The molecule has 0 unspecified atom stereocenters. The van der Waals surface area contributed by atoms with Crippen LogP contribution in [0, 0.1) is 11.8 Å². The molecule has 0 aliphatic heterocycles. The van der Waals surface area contributed by atoms with E-state index in [2.05, 4.69) is 19.2 Å². The predicted octanol–water partition coefficient (Wildman–Crippen LogP) is 4.07. The minimum Gasteiger partial charge on any atom is -0.496 e. The molecule has 0 aromatic heterocycles. The lowest BCUT2D eigenvalue weighted by atomic mass is 9.78. The third kappa shape index (κ3) is 5.50. The Balaban J connectivity index is 1.86. The van der Waals surface area contributed by atoms with Crippen molar-refractivity contribution >= 4 is 23.5 Å². The van der Waals surface area contributed by atoms with E-state index in [9.17, 15) is 9.59 Å². The van der Waals surface area contributed by atoms with Gasteiger partial charge < -0.3 is 10.1 Å². The van der Waals surface area contributed by atoms with Crippen molar-refractivity contribution in [2.75, 3.05) is 12.9 Å². The number of thioether (sulfide) groups is 1. The molecule has 1 aromatic carbocycles. The number of ketones is 1. The number of rotatable bonds is 7. The maximum Gasteiger partial charge on any atom is 0.230 e. The molecule has 0 spiro atoms. The zero-order valence-electron chi connectivity index (χ0n) is 15.6. The number of amides is 1. The fourth-order valence-corrected chi connectivity index (χ4v) is 4.21. The van der Waals surface area contributed by atoms with Crippen LogP contribution in [0.1, 0.15) is 56.0 Å². The van der Waals surface area contributed by atoms with Crippen molar-refractivity contribution in [3.05, 3.63) is 29.3 Å². The highest BCUT2D eigenvalue weighted by molar-refractivity contribution is 7.99. The van der Waals surface area contributed by atoms with E-state index in [1.54, 1.807) is 31.9 Å². The summed E-state index contributed by atoms with van der Waals surface area (Å²) >= 11 is 1.55. The molecule has 1 N–H and O–H groups in total. The van der Waals surface area contributed by atoms with Gasteiger partial charge in [-0.2, -0.15) is 0 Å². The number of methoxy groups -OCH3 is 1. The predicted molar refractivity (Wildman–Crippen MR) is 103 cm³/mol. The highest BCUT2D eigenvalue weighted by Crippen LogP contribution is 2.30. The molecule has 1 aliphatic rings. The van der Waals surface area contributed by atoms with Crippen molar-refractivity contribution in [1.29, 1.82) is 0 Å². The monoisotopic (exact) mass is 363 g/mol. The molecule has 1 amide bonds. The molecule has 1 aromatic rings. The van der Waals surface area contributed by atoms with Crippen molar-refractivity contribution in [2.45, 2.75) is 51.8 Å². The maximum atomic E-state index is 12.3. The van der Waals surface area contributed by atoms with Crippen LogP contribution >= 0.6 is 11.8 Å². The third-order valence-electron chi connectivity index (χ3n) is 5.23. The number of carbonyl (C=O) groups excluding carboxylic acids is 2. The standard InChI is InChI=1S/C20H29NO3S/c1-13-6-5-7-18(14(13)2)21-20(23)12-25-11-17-10-16(15(3)22)8-9-19(17)24-4/h8-10,13-14,18H,5-7,11-12H2,1-4H3,(H,21,23)/t13-,14-,18-/m1/s1. The largest absolute Gasteiger partial charge is 0.496 e. The lowest BCUT2D eigenvalue weighted by Gasteiger charge is -2.34. The fourth-order valence-electron chi connectivity index (χ4n) is 3.40. The van der Waals surface area contributed by atoms with Crippen LogP contribution in [-0.2, 0) is 10.5 Å². The molecular weight excluding hydrogens is 334 g/mol. The number of Topliss-reactive ketones (excluding diaryl/α,β-unsaturated/α-hetero) is 1. The van der Waals surface area contributed by atoms with Gasteiger partial charge in [0.25, 0.3) is 0 Å². The molecule has 4 nitrogen and oxygen atoms in total. The van der Waals surface area contributed by atoms with Crippen LogP contribution in [0.3, 0.4) is 0 Å². The fraction of sp³-hybridized carbons (Fsp3) is 0.600. The average molecular weight is 364 g/mol. The van der Waals surface area contributed by atoms with Gasteiger partial charge in [0, 0.05) is 22.9 Å². The smallest absolute Gasteiger partial charge is 0.230 e. The lowest BCUT2D eigenvalue weighted by molar-refractivity contribution is -0.120. The molecule has 3 atom stereocenters. The Labute approximate surface area is 155 Å². The molecule has 1 aliphatic carbocycles. The highest BCUT2D eigenvalue weighted by atomic mass is 32.2. The average Bonchev–Trinajstić information content (AvgIpc) is 2.58. The van der Waals surface area contributed by atoms with E-state index in [0.29, 0.717) is 34.9 Å². The van der Waals surface area contributed by atoms with Gasteiger partial charge in [-0.1, -0.05) is 26.7 Å². The first-order valence-corrected chi connectivity index (χ1v) is 10.1. The third-order valence-corrected chi connectivity index (χ3v) is 6.21. The number of hydrogen-bond acceptors (Lipinski definition) is 4. The van der Waals surface area contributed by atoms with Gasteiger partial charge in [0.1, 0.15) is 5.75 Å². The number of hydrogen-bond donors (Lipinski definition) is 1. The first-order chi connectivity index (χ1) is 11.9. The Bertz CT molecular complexity index is 617. The summed E-state index contributed by atoms with van der Waals surface area (Å²) in [5.41, 5.74) is 1.62. The summed E-state index contributed by atoms with van der Waals surface area (Å²) < 4.78 is 5.36. The highest BCUT2D eigenvalue weighted by Gasteiger charge is 2.27. The Hall–Kier alpha value is -1.49. The van der Waals surface area contributed by atoms with Gasteiger partial charge in [-0.3, -0.25) is 9.59 Å². The molecule has 2 rings (SSSR count). The van der Waals surface area contributed by atoms with E-state index in [1.165, 1.54) is 12.8 Å². The van der Waals surface area contributed by atoms with Gasteiger partial charge in [-0.05, 0) is 43.4 Å². The van der Waals surface area contributed by atoms with E-state index < -0.39 is 0 Å². The SMILES string of the molecule is COc1ccc(C(C)=O)cc1CSCC(=O)N[C@@H]1CCC[C@@H](C)[C@H]1C. The topological polar surface area (TPSA) is 55.4 Å². The second-order valence-corrected chi connectivity index (χ2v) is 8.00. The Kier molecular flexibility index (Phi) is 7.36. The molecule has 0 bridgehead atoms. The van der Waals surface area contributed by atoms with Crippen molar-refractivity contribution in [1.82, 2.24) is 5.32 Å². The van der Waals surface area contributed by atoms with Crippen LogP contribution in [-0.4, -0.2) is 30.6 Å². The van der Waals surface area contributed by atoms with E-state index in [-0.39, 0.29) is 11.7 Å². The summed E-state index contributed by atoms with van der Waals surface area (Å²) in [5, 5.41) is 3.20. The van der Waals surface area contributed by atoms with E-state index in [0.717, 1.165) is 17.7 Å². The van der Waals surface area contributed by atoms with E-state index in [4.69, 9.17) is 4.74 Å². The second-order valence-electron chi connectivity index (χ2n) is 7.02. The van der Waals surface area contributed by atoms with Gasteiger partial charge in [0.2, 0.25) is 5.91 Å². The number of nitrogens with one attached hydrogen (secondary N) is 1. The van der Waals surface area contributed by atoms with Gasteiger partial charge >= 0.3 is 0 Å². The summed E-state index contributed by atoms with van der Waals surface area (Å²) in [4.78, 5) is 23.8. The van der Waals surface area contributed by atoms with Crippen LogP contribution in [0.15, 0.2) is 18.2 Å². The number of ether oxygens (including phenoxy) is 1. The van der Waals surface area contributed by atoms with Crippen LogP contribution in [0.4, 0.5) is 0 Å². The first kappa shape index (κ1) is 19.8. The van der Waals surface area contributed by atoms with Gasteiger partial charge in [0.15, 0.2) is 5.78 Å². The van der Waals surface area contributed by atoms with E-state index in [1.807, 2.05) is 12.1 Å². The molecule has 1 fully saturated rings. The maximum absolute atomic E-state index is 12.3. The Morgan fingerprint density at radius 3 is 2.72 bits per heavy atom. The summed E-state index contributed by atoms with van der Waals surface area (Å²) in [6.07, 6.45) is 3.53. The molecule has 0 heterocycles. The summed E-state index contributed by atoms with van der Waals surface area (Å²) in [6, 6.07) is 5.75. The minimum atomic E-state index is 0.0343. The first-order valence-electron chi connectivity index (χ1n) is 8.97. The van der Waals surface area contributed by atoms with Gasteiger partial charge in [-0.15, -0.1) is 11.8 Å². The Morgan fingerprint density at radius 1 is 1.28 bits per heavy atom.